The van der Waals surface area contributed by atoms with Crippen LogP contribution in [0.3, 0.4) is 0 Å². The molecule has 6 nitrogen and oxygen atoms in total. The van der Waals surface area contributed by atoms with E-state index in [1.54, 1.807) is 6.92 Å². The van der Waals surface area contributed by atoms with E-state index in [-0.39, 0.29) is 33.9 Å². The van der Waals surface area contributed by atoms with Crippen molar-refractivity contribution in [3.63, 3.8) is 0 Å². The van der Waals surface area contributed by atoms with Crippen molar-refractivity contribution in [3.8, 4) is 0 Å². The Balaban J connectivity index is 2.34. The highest BCUT2D eigenvalue weighted by Crippen LogP contribution is 2.29. The Labute approximate surface area is 131 Å². The molecule has 0 radical (unpaired) electrons. The Bertz CT molecular complexity index is 661. The number of halogens is 1. The van der Waals surface area contributed by atoms with Crippen LogP contribution >= 0.6 is 15.9 Å². The molecule has 1 aromatic carbocycles. The van der Waals surface area contributed by atoms with Crippen LogP contribution in [0, 0.1) is 5.92 Å². The van der Waals surface area contributed by atoms with Crippen LogP contribution in [0.2, 0.25) is 0 Å². The summed E-state index contributed by atoms with van der Waals surface area (Å²) in [7, 11) is -3.71. The van der Waals surface area contributed by atoms with Gasteiger partial charge in [-0.1, -0.05) is 6.92 Å². The van der Waals surface area contributed by atoms with Gasteiger partial charge in [0, 0.05) is 17.6 Å². The van der Waals surface area contributed by atoms with Gasteiger partial charge >= 0.3 is 5.97 Å². The Morgan fingerprint density at radius 2 is 2.10 bits per heavy atom. The number of sulfonamides is 1. The van der Waals surface area contributed by atoms with Gasteiger partial charge in [0.25, 0.3) is 0 Å². The number of hydrogen-bond acceptors (Lipinski definition) is 4. The smallest absolute Gasteiger partial charge is 0.335 e. The number of nitrogens with zero attached hydrogens (tertiary/aromatic N) is 1. The Morgan fingerprint density at radius 1 is 1.43 bits per heavy atom. The van der Waals surface area contributed by atoms with Gasteiger partial charge in [0.15, 0.2) is 0 Å². The molecule has 1 aliphatic heterocycles. The summed E-state index contributed by atoms with van der Waals surface area (Å²) in [6.07, 6.45) is -0.0973. The number of benzene rings is 1. The monoisotopic (exact) mass is 377 g/mol. The Kier molecular flexibility index (Phi) is 4.72. The van der Waals surface area contributed by atoms with E-state index >= 15 is 0 Å². The van der Waals surface area contributed by atoms with Crippen LogP contribution in [0.4, 0.5) is 0 Å². The van der Waals surface area contributed by atoms with Gasteiger partial charge in [0.1, 0.15) is 0 Å². The van der Waals surface area contributed by atoms with E-state index in [0.29, 0.717) is 6.42 Å². The zero-order valence-electron chi connectivity index (χ0n) is 11.4. The maximum absolute atomic E-state index is 12.6. The largest absolute Gasteiger partial charge is 0.478 e. The van der Waals surface area contributed by atoms with Crippen molar-refractivity contribution in [2.75, 3.05) is 13.1 Å². The summed E-state index contributed by atoms with van der Waals surface area (Å²) in [5.74, 6) is -1.25. The van der Waals surface area contributed by atoms with E-state index < -0.39 is 22.1 Å². The highest BCUT2D eigenvalue weighted by atomic mass is 79.9. The van der Waals surface area contributed by atoms with Crippen molar-refractivity contribution in [1.29, 1.82) is 0 Å². The molecular weight excluding hydrogens is 362 g/mol. The number of hydrogen-bond donors (Lipinski definition) is 2. The molecular formula is C13H16BrNO5S. The van der Waals surface area contributed by atoms with Gasteiger partial charge in [-0.25, -0.2) is 13.2 Å². The fourth-order valence-corrected chi connectivity index (χ4v) is 4.89. The fraction of sp³-hybridized carbons (Fsp3) is 0.462. The molecule has 2 N–H and O–H groups in total. The average Bonchev–Trinajstić information content (AvgIpc) is 2.41. The maximum Gasteiger partial charge on any atom is 0.335 e. The summed E-state index contributed by atoms with van der Waals surface area (Å²) in [5, 5.41) is 18.6. The predicted octanol–water partition coefficient (Wildman–Crippen LogP) is 1.54. The van der Waals surface area contributed by atoms with Crippen molar-refractivity contribution in [2.24, 2.45) is 5.92 Å². The summed E-state index contributed by atoms with van der Waals surface area (Å²) in [6.45, 7) is 2.30. The zero-order valence-corrected chi connectivity index (χ0v) is 13.8. The molecule has 116 valence electrons. The second-order valence-corrected chi connectivity index (χ2v) is 7.91. The van der Waals surface area contributed by atoms with Gasteiger partial charge < -0.3 is 10.2 Å². The number of aliphatic hydroxyl groups excluding tert-OH is 1. The maximum atomic E-state index is 12.6. The van der Waals surface area contributed by atoms with Gasteiger partial charge in [0.2, 0.25) is 10.0 Å². The van der Waals surface area contributed by atoms with Crippen molar-refractivity contribution in [1.82, 2.24) is 4.31 Å². The first kappa shape index (κ1) is 16.4. The van der Waals surface area contributed by atoms with Gasteiger partial charge in [0.05, 0.1) is 16.6 Å². The van der Waals surface area contributed by atoms with E-state index in [0.717, 1.165) is 0 Å². The molecule has 0 bridgehead atoms. The van der Waals surface area contributed by atoms with Crippen LogP contribution in [-0.2, 0) is 10.0 Å². The van der Waals surface area contributed by atoms with Gasteiger partial charge in [-0.2, -0.15) is 4.31 Å². The Morgan fingerprint density at radius 3 is 2.62 bits per heavy atom. The minimum atomic E-state index is -3.71. The molecule has 21 heavy (non-hydrogen) atoms. The SMILES string of the molecule is CC1CN(S(=O)(=O)c2ccc(C(=O)O)cc2Br)CCC1O. The number of carbonyl (C=O) groups is 1. The molecule has 8 heteroatoms. The fourth-order valence-electron chi connectivity index (χ4n) is 2.30. The molecule has 1 saturated heterocycles. The number of rotatable bonds is 3. The second kappa shape index (κ2) is 6.04. The summed E-state index contributed by atoms with van der Waals surface area (Å²) < 4.78 is 26.8. The third kappa shape index (κ3) is 3.28. The van der Waals surface area contributed by atoms with Crippen LogP contribution in [0.15, 0.2) is 27.6 Å². The van der Waals surface area contributed by atoms with Crippen molar-refractivity contribution in [3.05, 3.63) is 28.2 Å². The van der Waals surface area contributed by atoms with Crippen molar-refractivity contribution in [2.45, 2.75) is 24.3 Å². The molecule has 2 atom stereocenters. The van der Waals surface area contributed by atoms with E-state index in [9.17, 15) is 18.3 Å². The van der Waals surface area contributed by atoms with E-state index in [2.05, 4.69) is 15.9 Å². The first-order chi connectivity index (χ1) is 9.73. The van der Waals surface area contributed by atoms with Crippen molar-refractivity contribution >= 4 is 31.9 Å². The van der Waals surface area contributed by atoms with Crippen LogP contribution < -0.4 is 0 Å². The number of aromatic carboxylic acids is 1. The average molecular weight is 378 g/mol. The van der Waals surface area contributed by atoms with Crippen LogP contribution in [0.25, 0.3) is 0 Å². The molecule has 2 unspecified atom stereocenters. The first-order valence-corrected chi connectivity index (χ1v) is 8.68. The van der Waals surface area contributed by atoms with Gasteiger partial charge in [-0.15, -0.1) is 0 Å². The number of carboxylic acids is 1. The van der Waals surface area contributed by atoms with Crippen LogP contribution in [0.1, 0.15) is 23.7 Å². The molecule has 0 aliphatic carbocycles. The highest BCUT2D eigenvalue weighted by Gasteiger charge is 2.33. The minimum absolute atomic E-state index is 0.0169. The summed E-state index contributed by atoms with van der Waals surface area (Å²) >= 11 is 3.13. The standard InChI is InChI=1S/C13H16BrNO5S/c1-8-7-15(5-4-11(8)16)21(19,20)12-3-2-9(13(17)18)6-10(12)14/h2-3,6,8,11,16H,4-5,7H2,1H3,(H,17,18). The number of piperidine rings is 1. The minimum Gasteiger partial charge on any atom is -0.478 e. The number of carboxylic acid groups (broad SMARTS) is 1. The first-order valence-electron chi connectivity index (χ1n) is 6.44. The predicted molar refractivity (Wildman–Crippen MR) is 79.6 cm³/mol. The van der Waals surface area contributed by atoms with Gasteiger partial charge in [-0.05, 0) is 46.5 Å². The lowest BCUT2D eigenvalue weighted by Gasteiger charge is -2.33. The zero-order chi connectivity index (χ0) is 15.8. The molecule has 0 spiro atoms. The number of aliphatic hydroxyl groups is 1. The van der Waals surface area contributed by atoms with Crippen molar-refractivity contribution < 1.29 is 23.4 Å². The lowest BCUT2D eigenvalue weighted by Crippen LogP contribution is -2.44. The molecule has 1 aromatic rings. The molecule has 0 amide bonds. The quantitative estimate of drug-likeness (QED) is 0.832. The Hall–Kier alpha value is -0.960. The van der Waals surface area contributed by atoms with E-state index in [1.807, 2.05) is 0 Å². The van der Waals surface area contributed by atoms with Crippen LogP contribution in [0.5, 0.6) is 0 Å². The lowest BCUT2D eigenvalue weighted by molar-refractivity contribution is 0.0628. The third-order valence-electron chi connectivity index (χ3n) is 3.62. The summed E-state index contributed by atoms with van der Waals surface area (Å²) in [4.78, 5) is 10.9. The van der Waals surface area contributed by atoms with E-state index in [4.69, 9.17) is 5.11 Å². The molecule has 1 aliphatic rings. The van der Waals surface area contributed by atoms with Gasteiger partial charge in [-0.3, -0.25) is 0 Å². The topological polar surface area (TPSA) is 94.9 Å². The van der Waals surface area contributed by atoms with Crippen LogP contribution in [-0.4, -0.2) is 48.1 Å². The molecule has 2 rings (SSSR count). The molecule has 0 aromatic heterocycles. The summed E-state index contributed by atoms with van der Waals surface area (Å²) in [6, 6.07) is 3.83. The van der Waals surface area contributed by atoms with E-state index in [1.165, 1.54) is 22.5 Å². The second-order valence-electron chi connectivity index (χ2n) is 5.15. The lowest BCUT2D eigenvalue weighted by atomic mass is 9.99. The highest BCUT2D eigenvalue weighted by molar-refractivity contribution is 9.10. The summed E-state index contributed by atoms with van der Waals surface area (Å²) in [5.41, 5.74) is 0.0169. The molecule has 0 saturated carbocycles. The third-order valence-corrected chi connectivity index (χ3v) is 6.46. The molecule has 1 heterocycles. The normalized spacial score (nSPS) is 24.0. The molecule has 1 fully saturated rings.